The van der Waals surface area contributed by atoms with E-state index < -0.39 is 0 Å². The predicted octanol–water partition coefficient (Wildman–Crippen LogP) is 2.04. The Bertz CT molecular complexity index is 456. The van der Waals surface area contributed by atoms with Crippen LogP contribution in [0.15, 0.2) is 36.8 Å². The van der Waals surface area contributed by atoms with Gasteiger partial charge in [-0.05, 0) is 19.5 Å². The molecular weight excluding hydrogens is 198 g/mol. The van der Waals surface area contributed by atoms with Crippen LogP contribution in [-0.2, 0) is 7.05 Å². The lowest BCUT2D eigenvalue weighted by molar-refractivity contribution is 0.638. The molecule has 0 spiro atoms. The first-order valence-corrected chi connectivity index (χ1v) is 5.42. The van der Waals surface area contributed by atoms with Crippen molar-refractivity contribution >= 4 is 0 Å². The van der Waals surface area contributed by atoms with Crippen molar-refractivity contribution in [2.75, 3.05) is 7.05 Å². The van der Waals surface area contributed by atoms with Crippen molar-refractivity contribution < 1.29 is 0 Å². The van der Waals surface area contributed by atoms with E-state index in [1.807, 2.05) is 31.2 Å². The Morgan fingerprint density at radius 2 is 1.94 bits per heavy atom. The summed E-state index contributed by atoms with van der Waals surface area (Å²) in [5, 5.41) is 3.32. The molecule has 0 aliphatic carbocycles. The highest BCUT2D eigenvalue weighted by atomic mass is 15.1. The Morgan fingerprint density at radius 3 is 2.44 bits per heavy atom. The summed E-state index contributed by atoms with van der Waals surface area (Å²) >= 11 is 0. The van der Waals surface area contributed by atoms with Gasteiger partial charge in [-0.1, -0.05) is 29.8 Å². The standard InChI is InChI=1S/C13H17N3/c1-10-4-6-11(7-5-10)13(14-2)12-8-15-9-16(12)3/h4-9,13-14H,1-3H3. The molecule has 0 bridgehead atoms. The molecule has 16 heavy (non-hydrogen) atoms. The first-order chi connectivity index (χ1) is 7.72. The predicted molar refractivity (Wildman–Crippen MR) is 65.3 cm³/mol. The number of nitrogens with one attached hydrogen (secondary N) is 1. The fraction of sp³-hybridized carbons (Fsp3) is 0.308. The number of aryl methyl sites for hydroxylation is 2. The SMILES string of the molecule is CNC(c1ccc(C)cc1)c1cncn1C. The number of benzene rings is 1. The lowest BCUT2D eigenvalue weighted by Crippen LogP contribution is -2.20. The lowest BCUT2D eigenvalue weighted by atomic mass is 10.0. The summed E-state index contributed by atoms with van der Waals surface area (Å²) in [4.78, 5) is 4.16. The molecule has 0 amide bonds. The maximum absolute atomic E-state index is 4.16. The average Bonchev–Trinajstić information content (AvgIpc) is 2.69. The highest BCUT2D eigenvalue weighted by molar-refractivity contribution is 5.29. The molecule has 1 unspecified atom stereocenters. The number of rotatable bonds is 3. The number of imidazole rings is 1. The zero-order valence-corrected chi connectivity index (χ0v) is 9.94. The first kappa shape index (κ1) is 10.9. The largest absolute Gasteiger partial charge is 0.336 e. The zero-order valence-electron chi connectivity index (χ0n) is 9.94. The van der Waals surface area contributed by atoms with Gasteiger partial charge >= 0.3 is 0 Å². The van der Waals surface area contributed by atoms with Gasteiger partial charge in [-0.2, -0.15) is 0 Å². The van der Waals surface area contributed by atoms with E-state index in [-0.39, 0.29) is 6.04 Å². The van der Waals surface area contributed by atoms with E-state index in [0.29, 0.717) is 0 Å². The molecule has 1 heterocycles. The first-order valence-electron chi connectivity index (χ1n) is 5.42. The van der Waals surface area contributed by atoms with Crippen molar-refractivity contribution in [3.63, 3.8) is 0 Å². The molecule has 0 fully saturated rings. The van der Waals surface area contributed by atoms with Gasteiger partial charge < -0.3 is 9.88 Å². The molecule has 1 atom stereocenters. The summed E-state index contributed by atoms with van der Waals surface area (Å²) in [6.45, 7) is 2.10. The minimum atomic E-state index is 0.202. The van der Waals surface area contributed by atoms with Gasteiger partial charge in [0.15, 0.2) is 0 Å². The van der Waals surface area contributed by atoms with E-state index in [0.717, 1.165) is 0 Å². The van der Waals surface area contributed by atoms with Gasteiger partial charge in [-0.25, -0.2) is 4.98 Å². The highest BCUT2D eigenvalue weighted by Gasteiger charge is 2.14. The van der Waals surface area contributed by atoms with Crippen molar-refractivity contribution in [1.82, 2.24) is 14.9 Å². The Hall–Kier alpha value is -1.61. The topological polar surface area (TPSA) is 29.9 Å². The molecule has 0 radical (unpaired) electrons. The molecule has 3 nitrogen and oxygen atoms in total. The second kappa shape index (κ2) is 4.49. The van der Waals surface area contributed by atoms with Crippen LogP contribution in [-0.4, -0.2) is 16.6 Å². The van der Waals surface area contributed by atoms with Gasteiger partial charge in [0, 0.05) is 7.05 Å². The number of hydrogen-bond acceptors (Lipinski definition) is 2. The Morgan fingerprint density at radius 1 is 1.25 bits per heavy atom. The van der Waals surface area contributed by atoms with Crippen molar-refractivity contribution in [2.24, 2.45) is 7.05 Å². The third-order valence-corrected chi connectivity index (χ3v) is 2.85. The van der Waals surface area contributed by atoms with Crippen molar-refractivity contribution in [3.05, 3.63) is 53.6 Å². The normalized spacial score (nSPS) is 12.7. The van der Waals surface area contributed by atoms with Crippen LogP contribution >= 0.6 is 0 Å². The van der Waals surface area contributed by atoms with Crippen LogP contribution in [0.25, 0.3) is 0 Å². The van der Waals surface area contributed by atoms with E-state index in [1.54, 1.807) is 0 Å². The van der Waals surface area contributed by atoms with Crippen LogP contribution < -0.4 is 5.32 Å². The summed E-state index contributed by atoms with van der Waals surface area (Å²) in [7, 11) is 3.98. The fourth-order valence-corrected chi connectivity index (χ4v) is 1.89. The molecular formula is C13H17N3. The third kappa shape index (κ3) is 1.99. The smallest absolute Gasteiger partial charge is 0.0946 e. The van der Waals surface area contributed by atoms with Gasteiger partial charge in [0.2, 0.25) is 0 Å². The highest BCUT2D eigenvalue weighted by Crippen LogP contribution is 2.21. The minimum absolute atomic E-state index is 0.202. The van der Waals surface area contributed by atoms with Gasteiger partial charge in [0.25, 0.3) is 0 Å². The summed E-state index contributed by atoms with van der Waals surface area (Å²) in [5.74, 6) is 0. The van der Waals surface area contributed by atoms with Gasteiger partial charge in [-0.15, -0.1) is 0 Å². The maximum Gasteiger partial charge on any atom is 0.0946 e. The summed E-state index contributed by atoms with van der Waals surface area (Å²) in [6.07, 6.45) is 3.73. The van der Waals surface area contributed by atoms with Gasteiger partial charge in [0.05, 0.1) is 24.3 Å². The van der Waals surface area contributed by atoms with Crippen LogP contribution in [0.2, 0.25) is 0 Å². The Kier molecular flexibility index (Phi) is 3.06. The third-order valence-electron chi connectivity index (χ3n) is 2.85. The van der Waals surface area contributed by atoms with Crippen LogP contribution in [0.3, 0.4) is 0 Å². The molecule has 2 rings (SSSR count). The monoisotopic (exact) mass is 215 g/mol. The van der Waals surface area contributed by atoms with Crippen LogP contribution in [0.1, 0.15) is 22.9 Å². The summed E-state index contributed by atoms with van der Waals surface area (Å²) < 4.78 is 2.04. The molecule has 0 saturated heterocycles. The van der Waals surface area contributed by atoms with E-state index in [2.05, 4.69) is 41.5 Å². The molecule has 0 aliphatic rings. The van der Waals surface area contributed by atoms with Crippen LogP contribution in [0, 0.1) is 6.92 Å². The fourth-order valence-electron chi connectivity index (χ4n) is 1.89. The molecule has 1 N–H and O–H groups in total. The van der Waals surface area contributed by atoms with E-state index in [9.17, 15) is 0 Å². The Balaban J connectivity index is 2.37. The molecule has 2 aromatic rings. The van der Waals surface area contributed by atoms with Crippen LogP contribution in [0.5, 0.6) is 0 Å². The van der Waals surface area contributed by atoms with Crippen molar-refractivity contribution in [1.29, 1.82) is 0 Å². The second-order valence-corrected chi connectivity index (χ2v) is 4.06. The van der Waals surface area contributed by atoms with Crippen molar-refractivity contribution in [3.8, 4) is 0 Å². The van der Waals surface area contributed by atoms with Gasteiger partial charge in [0.1, 0.15) is 0 Å². The van der Waals surface area contributed by atoms with Crippen molar-refractivity contribution in [2.45, 2.75) is 13.0 Å². The van der Waals surface area contributed by atoms with E-state index in [4.69, 9.17) is 0 Å². The second-order valence-electron chi connectivity index (χ2n) is 4.06. The molecule has 0 aliphatic heterocycles. The lowest BCUT2D eigenvalue weighted by Gasteiger charge is -2.17. The average molecular weight is 215 g/mol. The molecule has 1 aromatic heterocycles. The van der Waals surface area contributed by atoms with E-state index >= 15 is 0 Å². The quantitative estimate of drug-likeness (QED) is 0.849. The number of aromatic nitrogens is 2. The molecule has 3 heteroatoms. The van der Waals surface area contributed by atoms with Crippen LogP contribution in [0.4, 0.5) is 0 Å². The zero-order chi connectivity index (χ0) is 11.5. The molecule has 84 valence electrons. The Labute approximate surface area is 96.1 Å². The summed E-state index contributed by atoms with van der Waals surface area (Å²) in [6, 6.07) is 8.78. The van der Waals surface area contributed by atoms with Gasteiger partial charge in [-0.3, -0.25) is 0 Å². The molecule has 0 saturated carbocycles. The maximum atomic E-state index is 4.16. The molecule has 1 aromatic carbocycles. The summed E-state index contributed by atoms with van der Waals surface area (Å²) in [5.41, 5.74) is 3.71. The minimum Gasteiger partial charge on any atom is -0.336 e. The van der Waals surface area contributed by atoms with E-state index in [1.165, 1.54) is 16.8 Å². The number of hydrogen-bond donors (Lipinski definition) is 1. The number of nitrogens with zero attached hydrogens (tertiary/aromatic N) is 2.